The van der Waals surface area contributed by atoms with E-state index in [4.69, 9.17) is 9.47 Å². The zero-order valence-electron chi connectivity index (χ0n) is 16.2. The maximum absolute atomic E-state index is 12.7. The second kappa shape index (κ2) is 8.46. The molecule has 3 heterocycles. The molecule has 0 saturated carbocycles. The molecular weight excluding hydrogens is 330 g/mol. The first-order valence-electron chi connectivity index (χ1n) is 9.50. The van der Waals surface area contributed by atoms with Crippen molar-refractivity contribution in [2.24, 2.45) is 11.3 Å². The molecule has 3 rings (SSSR count). The van der Waals surface area contributed by atoms with E-state index < -0.39 is 0 Å². The number of aromatic nitrogens is 1. The minimum atomic E-state index is 0.0531. The molecule has 1 amide bonds. The van der Waals surface area contributed by atoms with E-state index in [0.717, 1.165) is 64.3 Å². The van der Waals surface area contributed by atoms with Crippen molar-refractivity contribution in [1.29, 1.82) is 0 Å². The summed E-state index contributed by atoms with van der Waals surface area (Å²) in [5, 5.41) is 0. The van der Waals surface area contributed by atoms with Gasteiger partial charge >= 0.3 is 0 Å². The van der Waals surface area contributed by atoms with E-state index >= 15 is 0 Å². The Morgan fingerprint density at radius 1 is 1.27 bits per heavy atom. The summed E-state index contributed by atoms with van der Waals surface area (Å²) in [5.74, 6) is 0.580. The Labute approximate surface area is 156 Å². The van der Waals surface area contributed by atoms with Crippen molar-refractivity contribution in [1.82, 2.24) is 14.8 Å². The number of amides is 1. The van der Waals surface area contributed by atoms with Crippen LogP contribution in [0.25, 0.3) is 0 Å². The molecule has 0 radical (unpaired) electrons. The van der Waals surface area contributed by atoms with Crippen LogP contribution in [0, 0.1) is 18.3 Å². The molecule has 1 unspecified atom stereocenters. The number of pyridine rings is 1. The van der Waals surface area contributed by atoms with Gasteiger partial charge in [-0.15, -0.1) is 0 Å². The minimum Gasteiger partial charge on any atom is -0.384 e. The third kappa shape index (κ3) is 4.08. The smallest absolute Gasteiger partial charge is 0.272 e. The van der Waals surface area contributed by atoms with Crippen LogP contribution in [0.4, 0.5) is 0 Å². The predicted octanol–water partition coefficient (Wildman–Crippen LogP) is 1.84. The Bertz CT molecular complexity index is 597. The summed E-state index contributed by atoms with van der Waals surface area (Å²) in [5.41, 5.74) is 1.87. The molecule has 0 aliphatic carbocycles. The first-order valence-corrected chi connectivity index (χ1v) is 9.50. The molecule has 1 atom stereocenters. The molecule has 6 nitrogen and oxygen atoms in total. The normalized spacial score (nSPS) is 22.9. The van der Waals surface area contributed by atoms with Crippen LogP contribution in [0.5, 0.6) is 0 Å². The third-order valence-electron chi connectivity index (χ3n) is 6.04. The lowest BCUT2D eigenvalue weighted by Gasteiger charge is -2.42. The number of carbonyl (C=O) groups excluding carboxylic acids is 1. The van der Waals surface area contributed by atoms with E-state index in [2.05, 4.69) is 9.88 Å². The quantitative estimate of drug-likeness (QED) is 0.774. The number of carbonyl (C=O) groups is 1. The van der Waals surface area contributed by atoms with E-state index in [-0.39, 0.29) is 11.3 Å². The topological polar surface area (TPSA) is 54.9 Å². The molecule has 0 bridgehead atoms. The van der Waals surface area contributed by atoms with E-state index in [1.54, 1.807) is 20.4 Å². The van der Waals surface area contributed by atoms with Crippen LogP contribution in [0.2, 0.25) is 0 Å². The van der Waals surface area contributed by atoms with Crippen molar-refractivity contribution < 1.29 is 14.3 Å². The largest absolute Gasteiger partial charge is 0.384 e. The Hall–Kier alpha value is -1.50. The lowest BCUT2D eigenvalue weighted by atomic mass is 9.71. The maximum atomic E-state index is 12.7. The number of ether oxygens (including phenoxy) is 2. The molecule has 144 valence electrons. The summed E-state index contributed by atoms with van der Waals surface area (Å²) in [6.45, 7) is 8.24. The first kappa shape index (κ1) is 19.3. The minimum absolute atomic E-state index is 0.0531. The Morgan fingerprint density at radius 3 is 2.65 bits per heavy atom. The maximum Gasteiger partial charge on any atom is 0.272 e. The van der Waals surface area contributed by atoms with E-state index in [0.29, 0.717) is 11.6 Å². The molecule has 1 aromatic heterocycles. The van der Waals surface area contributed by atoms with E-state index in [1.807, 2.05) is 24.0 Å². The molecule has 0 aromatic carbocycles. The highest BCUT2D eigenvalue weighted by atomic mass is 16.5. The summed E-state index contributed by atoms with van der Waals surface area (Å²) in [6.07, 6.45) is 3.82. The van der Waals surface area contributed by atoms with Gasteiger partial charge < -0.3 is 19.3 Å². The molecule has 1 aromatic rings. The molecule has 6 heteroatoms. The highest BCUT2D eigenvalue weighted by molar-refractivity contribution is 5.92. The van der Waals surface area contributed by atoms with Gasteiger partial charge in [-0.1, -0.05) is 6.07 Å². The van der Waals surface area contributed by atoms with Gasteiger partial charge in [0, 0.05) is 59.1 Å². The molecule has 0 N–H and O–H groups in total. The fraction of sp³-hybridized carbons (Fsp3) is 0.700. The third-order valence-corrected chi connectivity index (χ3v) is 6.04. The summed E-state index contributed by atoms with van der Waals surface area (Å²) in [6, 6.07) is 3.78. The van der Waals surface area contributed by atoms with Crippen molar-refractivity contribution in [3.8, 4) is 0 Å². The van der Waals surface area contributed by atoms with Gasteiger partial charge in [-0.05, 0) is 36.8 Å². The number of nitrogens with zero attached hydrogens (tertiary/aromatic N) is 3. The highest BCUT2D eigenvalue weighted by Crippen LogP contribution is 2.44. The fourth-order valence-corrected chi connectivity index (χ4v) is 4.44. The van der Waals surface area contributed by atoms with Gasteiger partial charge in [-0.2, -0.15) is 0 Å². The van der Waals surface area contributed by atoms with Gasteiger partial charge in [0.05, 0.1) is 13.2 Å². The van der Waals surface area contributed by atoms with Crippen molar-refractivity contribution in [2.45, 2.75) is 19.8 Å². The number of likely N-dealkylation sites (tertiary alicyclic amines) is 2. The van der Waals surface area contributed by atoms with Crippen LogP contribution in [0.15, 0.2) is 18.3 Å². The SMILES string of the molecule is COCCN1CC(COC)C2(CCN(C(=O)c3ccc(C)cn3)CC2)C1. The Balaban J connectivity index is 1.63. The average Bonchev–Trinajstić information content (AvgIpc) is 2.98. The summed E-state index contributed by atoms with van der Waals surface area (Å²) in [4.78, 5) is 21.5. The van der Waals surface area contributed by atoms with Crippen molar-refractivity contribution in [3.05, 3.63) is 29.6 Å². The molecular formula is C20H31N3O3. The number of piperidine rings is 1. The summed E-state index contributed by atoms with van der Waals surface area (Å²) in [7, 11) is 3.54. The van der Waals surface area contributed by atoms with Gasteiger partial charge in [0.1, 0.15) is 5.69 Å². The van der Waals surface area contributed by atoms with Gasteiger partial charge in [-0.3, -0.25) is 9.78 Å². The van der Waals surface area contributed by atoms with Crippen molar-refractivity contribution in [2.75, 3.05) is 60.2 Å². The monoisotopic (exact) mass is 361 g/mol. The van der Waals surface area contributed by atoms with Crippen LogP contribution in [0.3, 0.4) is 0 Å². The van der Waals surface area contributed by atoms with Crippen molar-refractivity contribution >= 4 is 5.91 Å². The molecule has 2 fully saturated rings. The standard InChI is InChI=1S/C20H31N3O3/c1-16-4-5-18(21-12-16)19(24)23-8-6-20(7-9-23)15-22(10-11-25-2)13-17(20)14-26-3/h4-5,12,17H,6-11,13-15H2,1-3H3. The second-order valence-electron chi connectivity index (χ2n) is 7.76. The van der Waals surface area contributed by atoms with Gasteiger partial charge in [0.15, 0.2) is 0 Å². The number of methoxy groups -OCH3 is 2. The number of rotatable bonds is 6. The lowest BCUT2D eigenvalue weighted by Crippen LogP contribution is -2.47. The first-order chi connectivity index (χ1) is 12.6. The number of hydrogen-bond acceptors (Lipinski definition) is 5. The fourth-order valence-electron chi connectivity index (χ4n) is 4.44. The number of aryl methyl sites for hydroxylation is 1. The van der Waals surface area contributed by atoms with E-state index in [1.165, 1.54) is 0 Å². The van der Waals surface area contributed by atoms with Gasteiger partial charge in [0.25, 0.3) is 5.91 Å². The molecule has 2 aliphatic heterocycles. The molecule has 2 aliphatic rings. The Kier molecular flexibility index (Phi) is 6.27. The van der Waals surface area contributed by atoms with Crippen LogP contribution in [-0.4, -0.2) is 80.8 Å². The highest BCUT2D eigenvalue weighted by Gasteiger charge is 2.48. The summed E-state index contributed by atoms with van der Waals surface area (Å²) < 4.78 is 10.8. The van der Waals surface area contributed by atoms with Crippen LogP contribution in [-0.2, 0) is 9.47 Å². The molecule has 1 spiro atoms. The molecule has 2 saturated heterocycles. The zero-order chi connectivity index (χ0) is 18.6. The average molecular weight is 361 g/mol. The Morgan fingerprint density at radius 2 is 2.04 bits per heavy atom. The predicted molar refractivity (Wildman–Crippen MR) is 100 cm³/mol. The van der Waals surface area contributed by atoms with Crippen LogP contribution < -0.4 is 0 Å². The van der Waals surface area contributed by atoms with E-state index in [9.17, 15) is 4.79 Å². The van der Waals surface area contributed by atoms with Crippen LogP contribution >= 0.6 is 0 Å². The van der Waals surface area contributed by atoms with Gasteiger partial charge in [0.2, 0.25) is 0 Å². The molecule has 26 heavy (non-hydrogen) atoms. The van der Waals surface area contributed by atoms with Crippen LogP contribution in [0.1, 0.15) is 28.9 Å². The lowest BCUT2D eigenvalue weighted by molar-refractivity contribution is 0.0318. The second-order valence-corrected chi connectivity index (χ2v) is 7.76. The van der Waals surface area contributed by atoms with Crippen molar-refractivity contribution in [3.63, 3.8) is 0 Å². The van der Waals surface area contributed by atoms with Gasteiger partial charge in [-0.25, -0.2) is 0 Å². The zero-order valence-corrected chi connectivity index (χ0v) is 16.2. The number of hydrogen-bond donors (Lipinski definition) is 0. The summed E-state index contributed by atoms with van der Waals surface area (Å²) >= 11 is 0.